The molecular formula is C27H24ClN3O6S. The summed E-state index contributed by atoms with van der Waals surface area (Å²) in [7, 11) is -4.74. The van der Waals surface area contributed by atoms with Crippen LogP contribution in [0.1, 0.15) is 29.8 Å². The highest BCUT2D eigenvalue weighted by molar-refractivity contribution is 7.86. The van der Waals surface area contributed by atoms with Crippen molar-refractivity contribution in [2.24, 2.45) is 10.2 Å². The third-order valence-corrected chi connectivity index (χ3v) is 7.09. The Morgan fingerprint density at radius 1 is 1.00 bits per heavy atom. The van der Waals surface area contributed by atoms with Crippen LogP contribution in [-0.4, -0.2) is 30.6 Å². The van der Waals surface area contributed by atoms with Gasteiger partial charge in [0.2, 0.25) is 0 Å². The summed E-state index contributed by atoms with van der Waals surface area (Å²) in [6.07, 6.45) is 0.364. The minimum Gasteiger partial charge on any atom is -0.505 e. The van der Waals surface area contributed by atoms with Gasteiger partial charge in [0.1, 0.15) is 22.0 Å². The number of nitrogens with zero attached hydrogens (tertiary/aromatic N) is 2. The van der Waals surface area contributed by atoms with E-state index in [0.29, 0.717) is 40.8 Å². The van der Waals surface area contributed by atoms with Crippen molar-refractivity contribution in [3.63, 3.8) is 0 Å². The van der Waals surface area contributed by atoms with E-state index in [9.17, 15) is 22.9 Å². The van der Waals surface area contributed by atoms with Gasteiger partial charge in [0.15, 0.2) is 5.75 Å². The number of carbonyl (C=O) groups is 1. The van der Waals surface area contributed by atoms with Gasteiger partial charge >= 0.3 is 0 Å². The maximum atomic E-state index is 13.3. The van der Waals surface area contributed by atoms with Gasteiger partial charge in [0, 0.05) is 5.39 Å². The second-order valence-electron chi connectivity index (χ2n) is 8.14. The van der Waals surface area contributed by atoms with Crippen LogP contribution in [0.3, 0.4) is 0 Å². The summed E-state index contributed by atoms with van der Waals surface area (Å²) < 4.78 is 39.5. The maximum Gasteiger partial charge on any atom is 0.298 e. The molecule has 4 rings (SSSR count). The lowest BCUT2D eigenvalue weighted by Gasteiger charge is -2.14. The molecule has 0 fully saturated rings. The maximum absolute atomic E-state index is 13.3. The van der Waals surface area contributed by atoms with Crippen LogP contribution in [0.15, 0.2) is 81.9 Å². The number of hydrogen-bond donors (Lipinski definition) is 3. The summed E-state index contributed by atoms with van der Waals surface area (Å²) in [6.45, 7) is 3.99. The zero-order valence-electron chi connectivity index (χ0n) is 20.5. The molecule has 9 nitrogen and oxygen atoms in total. The first kappa shape index (κ1) is 27.1. The fourth-order valence-corrected chi connectivity index (χ4v) is 5.14. The number of amides is 1. The Labute approximate surface area is 224 Å². The van der Waals surface area contributed by atoms with Crippen molar-refractivity contribution < 1.29 is 27.6 Å². The highest BCUT2D eigenvalue weighted by Crippen LogP contribution is 2.42. The van der Waals surface area contributed by atoms with Gasteiger partial charge in [-0.2, -0.15) is 8.42 Å². The van der Waals surface area contributed by atoms with Crippen LogP contribution in [-0.2, 0) is 16.5 Å². The molecular weight excluding hydrogens is 530 g/mol. The van der Waals surface area contributed by atoms with Crippen molar-refractivity contribution >= 4 is 55.5 Å². The fraction of sp³-hybridized carbons (Fsp3) is 0.148. The molecule has 0 atom stereocenters. The van der Waals surface area contributed by atoms with Crippen LogP contribution >= 0.6 is 11.6 Å². The van der Waals surface area contributed by atoms with Gasteiger partial charge in [-0.3, -0.25) is 9.35 Å². The number of aromatic hydroxyl groups is 1. The van der Waals surface area contributed by atoms with Crippen molar-refractivity contribution in [2.75, 3.05) is 11.9 Å². The Kier molecular flexibility index (Phi) is 7.96. The number of hydrogen-bond acceptors (Lipinski definition) is 7. The summed E-state index contributed by atoms with van der Waals surface area (Å²) >= 11 is 6.08. The molecule has 1 amide bonds. The Bertz CT molecular complexity index is 1670. The number of carbonyl (C=O) groups excluding carboxylic acids is 1. The number of azo groups is 1. The van der Waals surface area contributed by atoms with Crippen LogP contribution in [0.25, 0.3) is 10.8 Å². The van der Waals surface area contributed by atoms with E-state index < -0.39 is 26.7 Å². The third kappa shape index (κ3) is 5.47. The van der Waals surface area contributed by atoms with Gasteiger partial charge in [0.25, 0.3) is 16.0 Å². The number of nitrogens with one attached hydrogen (secondary N) is 1. The van der Waals surface area contributed by atoms with Crippen molar-refractivity contribution in [2.45, 2.75) is 25.2 Å². The lowest BCUT2D eigenvalue weighted by Crippen LogP contribution is -2.13. The topological polar surface area (TPSA) is 138 Å². The Morgan fingerprint density at radius 2 is 1.68 bits per heavy atom. The summed E-state index contributed by atoms with van der Waals surface area (Å²) in [6, 6.07) is 18.2. The van der Waals surface area contributed by atoms with Crippen molar-refractivity contribution in [1.29, 1.82) is 0 Å². The predicted octanol–water partition coefficient (Wildman–Crippen LogP) is 7.07. The first-order chi connectivity index (χ1) is 18.2. The molecule has 0 aliphatic heterocycles. The lowest BCUT2D eigenvalue weighted by atomic mass is 10.0. The largest absolute Gasteiger partial charge is 0.505 e. The molecule has 0 saturated heterocycles. The van der Waals surface area contributed by atoms with Crippen LogP contribution in [0.2, 0.25) is 5.02 Å². The molecule has 0 radical (unpaired) electrons. The Balaban J connectivity index is 1.86. The number of benzene rings is 4. The van der Waals surface area contributed by atoms with E-state index in [4.69, 9.17) is 16.3 Å². The van der Waals surface area contributed by atoms with E-state index in [1.165, 1.54) is 12.1 Å². The van der Waals surface area contributed by atoms with Crippen molar-refractivity contribution in [3.05, 3.63) is 82.9 Å². The van der Waals surface area contributed by atoms with E-state index in [1.807, 2.05) is 6.92 Å². The molecule has 0 unspecified atom stereocenters. The summed E-state index contributed by atoms with van der Waals surface area (Å²) in [5.41, 5.74) is 0.567. The third-order valence-electron chi connectivity index (χ3n) is 5.73. The quantitative estimate of drug-likeness (QED) is 0.157. The minimum absolute atomic E-state index is 0.0605. The molecule has 11 heteroatoms. The highest BCUT2D eigenvalue weighted by Gasteiger charge is 2.24. The summed E-state index contributed by atoms with van der Waals surface area (Å²) in [4.78, 5) is 12.7. The summed E-state index contributed by atoms with van der Waals surface area (Å²) in [5.74, 6) is -0.617. The van der Waals surface area contributed by atoms with Crippen molar-refractivity contribution in [1.82, 2.24) is 0 Å². The summed E-state index contributed by atoms with van der Waals surface area (Å²) in [5, 5.41) is 23.0. The standard InChI is InChI=1S/C27H24ClN3O6S/c1-3-16-13-14-20(28)26(38(34,35)36)23(16)30-31-24-18-10-6-5-9-17(18)15-19(25(24)32)27(33)29-21-11-7-8-12-22(21)37-4-2/h5-15,32H,3-4H2,1-2H3,(H,29,33)(H,34,35,36). The Hall–Kier alpha value is -3.99. The first-order valence-corrected chi connectivity index (χ1v) is 13.5. The van der Waals surface area contributed by atoms with E-state index >= 15 is 0 Å². The number of halogens is 1. The molecule has 0 spiro atoms. The zero-order valence-corrected chi connectivity index (χ0v) is 22.0. The first-order valence-electron chi connectivity index (χ1n) is 11.6. The number of anilines is 1. The van der Waals surface area contributed by atoms with Gasteiger partial charge in [-0.15, -0.1) is 10.2 Å². The van der Waals surface area contributed by atoms with Gasteiger partial charge in [0.05, 0.1) is 22.9 Å². The van der Waals surface area contributed by atoms with Crippen LogP contribution < -0.4 is 10.1 Å². The highest BCUT2D eigenvalue weighted by atomic mass is 35.5. The molecule has 0 aliphatic carbocycles. The lowest BCUT2D eigenvalue weighted by molar-refractivity contribution is 0.102. The molecule has 0 bridgehead atoms. The van der Waals surface area contributed by atoms with Crippen molar-refractivity contribution in [3.8, 4) is 11.5 Å². The van der Waals surface area contributed by atoms with Gasteiger partial charge < -0.3 is 15.2 Å². The molecule has 0 saturated carbocycles. The number of rotatable bonds is 8. The molecule has 0 aliphatic rings. The van der Waals surface area contributed by atoms with E-state index in [0.717, 1.165) is 0 Å². The zero-order chi connectivity index (χ0) is 27.4. The predicted molar refractivity (Wildman–Crippen MR) is 146 cm³/mol. The normalized spacial score (nSPS) is 11.7. The number of para-hydroxylation sites is 2. The number of phenolic OH excluding ortho intramolecular Hbond substituents is 1. The molecule has 4 aromatic rings. The number of aryl methyl sites for hydroxylation is 1. The second-order valence-corrected chi connectivity index (χ2v) is 9.90. The molecule has 0 heterocycles. The van der Waals surface area contributed by atoms with Crippen LogP contribution in [0.4, 0.5) is 17.1 Å². The number of fused-ring (bicyclic) bond motifs is 1. The fourth-order valence-electron chi connectivity index (χ4n) is 3.96. The Morgan fingerprint density at radius 3 is 2.39 bits per heavy atom. The van der Waals surface area contributed by atoms with Crippen LogP contribution in [0, 0.1) is 0 Å². The van der Waals surface area contributed by atoms with Gasteiger partial charge in [-0.1, -0.05) is 61.0 Å². The minimum atomic E-state index is -4.74. The second kappa shape index (κ2) is 11.2. The number of ether oxygens (including phenoxy) is 1. The van der Waals surface area contributed by atoms with Crippen LogP contribution in [0.5, 0.6) is 11.5 Å². The molecule has 3 N–H and O–H groups in total. The average molecular weight is 554 g/mol. The SMILES string of the molecule is CCOc1ccccc1NC(=O)c1cc2ccccc2c(N=Nc2c(CC)ccc(Cl)c2S(=O)(=O)O)c1O. The number of phenols is 1. The molecule has 4 aromatic carbocycles. The molecule has 0 aromatic heterocycles. The molecule has 196 valence electrons. The van der Waals surface area contributed by atoms with Gasteiger partial charge in [-0.05, 0) is 48.6 Å². The average Bonchev–Trinajstić information content (AvgIpc) is 2.88. The monoisotopic (exact) mass is 553 g/mol. The molecule has 38 heavy (non-hydrogen) atoms. The van der Waals surface area contributed by atoms with E-state index in [1.54, 1.807) is 61.5 Å². The van der Waals surface area contributed by atoms with E-state index in [2.05, 4.69) is 15.5 Å². The smallest absolute Gasteiger partial charge is 0.298 e. The van der Waals surface area contributed by atoms with Gasteiger partial charge in [-0.25, -0.2) is 0 Å². The van der Waals surface area contributed by atoms with E-state index in [-0.39, 0.29) is 22.0 Å².